The Labute approximate surface area is 110 Å². The third-order valence-corrected chi connectivity index (χ3v) is 4.51. The van der Waals surface area contributed by atoms with Crippen LogP contribution in [-0.2, 0) is 9.47 Å². The molecule has 1 heterocycles. The average molecular weight is 261 g/mol. The van der Waals surface area contributed by atoms with E-state index in [9.17, 15) is 0 Å². The van der Waals surface area contributed by atoms with Gasteiger partial charge in [0, 0.05) is 31.6 Å². The van der Waals surface area contributed by atoms with Crippen molar-refractivity contribution in [2.75, 3.05) is 31.3 Å². The van der Waals surface area contributed by atoms with Crippen LogP contribution in [0.4, 0.5) is 0 Å². The molecule has 1 aliphatic rings. The molecule has 1 aliphatic heterocycles. The maximum Gasteiger partial charge on any atom is 0.169 e. The maximum absolute atomic E-state index is 5.53. The predicted octanol–water partition coefficient (Wildman–Crippen LogP) is 2.51. The SMILES string of the molecule is CCOC(CNC1CSCC(C)(C)C1)OCC. The van der Waals surface area contributed by atoms with Gasteiger partial charge in [0.05, 0.1) is 0 Å². The molecule has 1 N–H and O–H groups in total. The predicted molar refractivity (Wildman–Crippen MR) is 74.6 cm³/mol. The minimum Gasteiger partial charge on any atom is -0.352 e. The summed E-state index contributed by atoms with van der Waals surface area (Å²) < 4.78 is 11.1. The molecule has 102 valence electrons. The van der Waals surface area contributed by atoms with Crippen LogP contribution in [0.2, 0.25) is 0 Å². The molecule has 4 heteroatoms. The first-order valence-corrected chi connectivity index (χ1v) is 7.77. The van der Waals surface area contributed by atoms with Crippen LogP contribution in [0.25, 0.3) is 0 Å². The second-order valence-corrected chi connectivity index (χ2v) is 6.36. The van der Waals surface area contributed by atoms with Gasteiger partial charge in [0.1, 0.15) is 0 Å². The Balaban J connectivity index is 2.27. The third-order valence-electron chi connectivity index (χ3n) is 2.89. The van der Waals surface area contributed by atoms with Crippen LogP contribution < -0.4 is 5.32 Å². The molecule has 17 heavy (non-hydrogen) atoms. The summed E-state index contributed by atoms with van der Waals surface area (Å²) in [6.45, 7) is 10.9. The highest BCUT2D eigenvalue weighted by Gasteiger charge is 2.28. The Kier molecular flexibility index (Phi) is 6.85. The molecule has 1 saturated heterocycles. The smallest absolute Gasteiger partial charge is 0.169 e. The van der Waals surface area contributed by atoms with E-state index in [1.54, 1.807) is 0 Å². The van der Waals surface area contributed by atoms with E-state index in [-0.39, 0.29) is 6.29 Å². The van der Waals surface area contributed by atoms with Crippen molar-refractivity contribution >= 4 is 11.8 Å². The first kappa shape index (κ1) is 15.3. The number of hydrogen-bond acceptors (Lipinski definition) is 4. The molecule has 1 unspecified atom stereocenters. The van der Waals surface area contributed by atoms with Crippen molar-refractivity contribution < 1.29 is 9.47 Å². The molecule has 0 radical (unpaired) electrons. The summed E-state index contributed by atoms with van der Waals surface area (Å²) in [7, 11) is 0. The molecule has 0 saturated carbocycles. The summed E-state index contributed by atoms with van der Waals surface area (Å²) in [6, 6.07) is 0.590. The van der Waals surface area contributed by atoms with Gasteiger partial charge in [-0.15, -0.1) is 0 Å². The topological polar surface area (TPSA) is 30.5 Å². The molecule has 0 aromatic carbocycles. The number of rotatable bonds is 7. The van der Waals surface area contributed by atoms with Crippen LogP contribution in [0.1, 0.15) is 34.1 Å². The number of hydrogen-bond donors (Lipinski definition) is 1. The monoisotopic (exact) mass is 261 g/mol. The fourth-order valence-corrected chi connectivity index (χ4v) is 3.50. The molecule has 0 bridgehead atoms. The molecule has 3 nitrogen and oxygen atoms in total. The third kappa shape index (κ3) is 6.09. The van der Waals surface area contributed by atoms with Crippen molar-refractivity contribution in [1.82, 2.24) is 5.32 Å². The fourth-order valence-electron chi connectivity index (χ4n) is 2.19. The molecule has 0 spiro atoms. The van der Waals surface area contributed by atoms with Crippen LogP contribution in [0.5, 0.6) is 0 Å². The average Bonchev–Trinajstić information content (AvgIpc) is 2.25. The van der Waals surface area contributed by atoms with Gasteiger partial charge < -0.3 is 14.8 Å². The summed E-state index contributed by atoms with van der Waals surface area (Å²) in [4.78, 5) is 0. The van der Waals surface area contributed by atoms with Crippen molar-refractivity contribution in [3.05, 3.63) is 0 Å². The zero-order chi connectivity index (χ0) is 12.7. The summed E-state index contributed by atoms with van der Waals surface area (Å²) >= 11 is 2.04. The van der Waals surface area contributed by atoms with E-state index in [1.165, 1.54) is 17.9 Å². The van der Waals surface area contributed by atoms with Crippen molar-refractivity contribution in [2.45, 2.75) is 46.4 Å². The van der Waals surface area contributed by atoms with Gasteiger partial charge in [-0.05, 0) is 31.4 Å². The van der Waals surface area contributed by atoms with E-state index in [2.05, 4.69) is 19.2 Å². The summed E-state index contributed by atoms with van der Waals surface area (Å²) in [5.74, 6) is 2.47. The molecular formula is C13H27NO2S. The van der Waals surface area contributed by atoms with Gasteiger partial charge >= 0.3 is 0 Å². The Hall–Kier alpha value is 0.230. The fraction of sp³-hybridized carbons (Fsp3) is 1.00. The largest absolute Gasteiger partial charge is 0.352 e. The zero-order valence-corrected chi connectivity index (χ0v) is 12.4. The second kappa shape index (κ2) is 7.62. The van der Waals surface area contributed by atoms with E-state index in [0.717, 1.165) is 6.54 Å². The minimum absolute atomic E-state index is 0.0972. The normalized spacial score (nSPS) is 24.2. The number of thioether (sulfide) groups is 1. The molecule has 0 aliphatic carbocycles. The first-order chi connectivity index (χ1) is 8.07. The maximum atomic E-state index is 5.53. The molecule has 0 aromatic rings. The number of ether oxygens (including phenoxy) is 2. The van der Waals surface area contributed by atoms with Crippen LogP contribution >= 0.6 is 11.8 Å². The van der Waals surface area contributed by atoms with Gasteiger partial charge in [-0.1, -0.05) is 13.8 Å². The minimum atomic E-state index is -0.0972. The Morgan fingerprint density at radius 2 is 1.94 bits per heavy atom. The molecule has 0 aromatic heterocycles. The van der Waals surface area contributed by atoms with Crippen molar-refractivity contribution in [2.24, 2.45) is 5.41 Å². The van der Waals surface area contributed by atoms with E-state index in [4.69, 9.17) is 9.47 Å². The van der Waals surface area contributed by atoms with E-state index >= 15 is 0 Å². The van der Waals surface area contributed by atoms with Gasteiger partial charge in [0.25, 0.3) is 0 Å². The molecule has 1 fully saturated rings. The quantitative estimate of drug-likeness (QED) is 0.713. The molecular weight excluding hydrogens is 234 g/mol. The van der Waals surface area contributed by atoms with Crippen molar-refractivity contribution in [3.8, 4) is 0 Å². The summed E-state index contributed by atoms with van der Waals surface area (Å²) in [5, 5.41) is 3.58. The Morgan fingerprint density at radius 3 is 2.47 bits per heavy atom. The van der Waals surface area contributed by atoms with Gasteiger partial charge in [0.15, 0.2) is 6.29 Å². The summed E-state index contributed by atoms with van der Waals surface area (Å²) in [5.41, 5.74) is 0.452. The van der Waals surface area contributed by atoms with Crippen molar-refractivity contribution in [3.63, 3.8) is 0 Å². The van der Waals surface area contributed by atoms with Crippen LogP contribution in [0.3, 0.4) is 0 Å². The zero-order valence-electron chi connectivity index (χ0n) is 11.6. The second-order valence-electron chi connectivity index (χ2n) is 5.33. The Morgan fingerprint density at radius 1 is 1.29 bits per heavy atom. The lowest BCUT2D eigenvalue weighted by Crippen LogP contribution is -2.44. The molecule has 0 amide bonds. The van der Waals surface area contributed by atoms with Gasteiger partial charge in [-0.2, -0.15) is 11.8 Å². The van der Waals surface area contributed by atoms with Gasteiger partial charge in [-0.25, -0.2) is 0 Å². The van der Waals surface area contributed by atoms with E-state index in [0.29, 0.717) is 24.7 Å². The summed E-state index contributed by atoms with van der Waals surface area (Å²) in [6.07, 6.45) is 1.14. The first-order valence-electron chi connectivity index (χ1n) is 6.61. The van der Waals surface area contributed by atoms with E-state index < -0.39 is 0 Å². The van der Waals surface area contributed by atoms with Crippen LogP contribution in [-0.4, -0.2) is 43.6 Å². The molecule has 1 rings (SSSR count). The van der Waals surface area contributed by atoms with E-state index in [1.807, 2.05) is 25.6 Å². The van der Waals surface area contributed by atoms with Gasteiger partial charge in [0.2, 0.25) is 0 Å². The van der Waals surface area contributed by atoms with Crippen LogP contribution in [0, 0.1) is 5.41 Å². The highest BCUT2D eigenvalue weighted by atomic mass is 32.2. The highest BCUT2D eigenvalue weighted by molar-refractivity contribution is 7.99. The molecule has 1 atom stereocenters. The van der Waals surface area contributed by atoms with Crippen molar-refractivity contribution in [1.29, 1.82) is 0 Å². The lowest BCUT2D eigenvalue weighted by atomic mass is 9.88. The highest BCUT2D eigenvalue weighted by Crippen LogP contribution is 2.33. The van der Waals surface area contributed by atoms with Crippen LogP contribution in [0.15, 0.2) is 0 Å². The lowest BCUT2D eigenvalue weighted by molar-refractivity contribution is -0.133. The Bertz CT molecular complexity index is 206. The van der Waals surface area contributed by atoms with Gasteiger partial charge in [-0.3, -0.25) is 0 Å². The number of nitrogens with one attached hydrogen (secondary N) is 1. The standard InChI is InChI=1S/C13H27NO2S/c1-5-15-12(16-6-2)8-14-11-7-13(3,4)10-17-9-11/h11-12,14H,5-10H2,1-4H3. The lowest BCUT2D eigenvalue weighted by Gasteiger charge is -2.35.